The summed E-state index contributed by atoms with van der Waals surface area (Å²) in [6, 6.07) is 31.0. The van der Waals surface area contributed by atoms with Crippen LogP contribution in [0.25, 0.3) is 85.6 Å². The Bertz CT molecular complexity index is 2940. The first-order valence-corrected chi connectivity index (χ1v) is 17.9. The van der Waals surface area contributed by atoms with Crippen molar-refractivity contribution in [1.29, 1.82) is 0 Å². The predicted molar refractivity (Wildman–Crippen MR) is 207 cm³/mol. The van der Waals surface area contributed by atoms with E-state index >= 15 is 0 Å². The van der Waals surface area contributed by atoms with E-state index in [0.29, 0.717) is 0 Å². The van der Waals surface area contributed by atoms with Crippen LogP contribution in [0.3, 0.4) is 0 Å². The van der Waals surface area contributed by atoms with Gasteiger partial charge in [0, 0.05) is 53.2 Å². The van der Waals surface area contributed by atoms with Crippen LogP contribution in [-0.2, 0) is 16.2 Å². The summed E-state index contributed by atoms with van der Waals surface area (Å²) in [6.07, 6.45) is 0. The van der Waals surface area contributed by atoms with Gasteiger partial charge in [-0.3, -0.25) is 4.40 Å². The fraction of sp³-hybridized carbons (Fsp3) is 0.273. The number of nitrogens with zero attached hydrogens (tertiary/aromatic N) is 2. The highest BCUT2D eigenvalue weighted by Crippen LogP contribution is 2.51. The van der Waals surface area contributed by atoms with Gasteiger partial charge in [-0.05, 0) is 81.5 Å². The Hall–Kier alpha value is -4.34. The van der Waals surface area contributed by atoms with Crippen LogP contribution in [0.5, 0.6) is 0 Å². The molecule has 0 N–H and O–H groups in total. The van der Waals surface area contributed by atoms with E-state index in [0.717, 1.165) is 0 Å². The van der Waals surface area contributed by atoms with E-state index in [1.54, 1.807) is 0 Å². The fourth-order valence-electron chi connectivity index (χ4n) is 8.44. The quantitative estimate of drug-likeness (QED) is 0.158. The molecule has 0 amide bonds. The van der Waals surface area contributed by atoms with Crippen molar-refractivity contribution >= 4 is 96.9 Å². The minimum absolute atomic E-state index is 0.0208. The number of rotatable bonds is 0. The molecule has 10 rings (SSSR count). The molecule has 0 bridgehead atoms. The molecule has 47 heavy (non-hydrogen) atoms. The molecule has 0 radical (unpaired) electrons. The summed E-state index contributed by atoms with van der Waals surface area (Å²) in [5, 5.41) is 12.4. The number of fused-ring (bicyclic) bond motifs is 15. The number of hydrogen-bond donors (Lipinski definition) is 0. The second kappa shape index (κ2) is 8.38. The van der Waals surface area contributed by atoms with Crippen molar-refractivity contribution < 1.29 is 0 Å². The maximum Gasteiger partial charge on any atom is 0.109 e. The SMILES string of the molecule is CC(C)(C)c1ccc2c(c1)c1cc(C(C)(C)C)cc3c4ccc5c(c6cc(C(C)(C)C)cc7c8c9ccccc9sc8n5c76)c4n2c13. The summed E-state index contributed by atoms with van der Waals surface area (Å²) in [5.74, 6) is 0. The summed E-state index contributed by atoms with van der Waals surface area (Å²) >= 11 is 1.93. The lowest BCUT2D eigenvalue weighted by molar-refractivity contribution is 0.590. The molecular weight excluding hydrogens is 589 g/mol. The molecule has 0 fully saturated rings. The number of thiophene rings is 1. The van der Waals surface area contributed by atoms with Crippen LogP contribution in [0.2, 0.25) is 0 Å². The smallest absolute Gasteiger partial charge is 0.109 e. The standard InChI is InChI=1S/C44H40N2S/c1-42(2,3)23-14-16-33-28(18-23)30-20-24(43(4,5)6)19-29-26-15-17-34-37(40(26)45(33)38(29)30)32-22-25(44(7,8)9)21-31-36-27-12-10-11-13-35(27)47-41(36)46(34)39(31)32/h10-22H,1-9H3. The molecule has 0 atom stereocenters. The van der Waals surface area contributed by atoms with Crippen molar-refractivity contribution in [3.8, 4) is 0 Å². The maximum atomic E-state index is 2.62. The van der Waals surface area contributed by atoms with E-state index < -0.39 is 0 Å². The van der Waals surface area contributed by atoms with Crippen LogP contribution >= 0.6 is 11.3 Å². The van der Waals surface area contributed by atoms with Gasteiger partial charge in [-0.15, -0.1) is 11.3 Å². The molecule has 0 aliphatic carbocycles. The summed E-state index contributed by atoms with van der Waals surface area (Å²) < 4.78 is 6.57. The number of benzene rings is 5. The minimum atomic E-state index is 0.0208. The van der Waals surface area contributed by atoms with Crippen LogP contribution in [0.4, 0.5) is 0 Å². The number of hydrogen-bond acceptors (Lipinski definition) is 1. The molecule has 0 saturated heterocycles. The van der Waals surface area contributed by atoms with Crippen molar-refractivity contribution in [2.75, 3.05) is 0 Å². The van der Waals surface area contributed by atoms with Crippen molar-refractivity contribution in [1.82, 2.24) is 8.80 Å². The molecule has 232 valence electrons. The molecule has 2 nitrogen and oxygen atoms in total. The van der Waals surface area contributed by atoms with Crippen LogP contribution < -0.4 is 0 Å². The Morgan fingerprint density at radius 2 is 0.979 bits per heavy atom. The van der Waals surface area contributed by atoms with Gasteiger partial charge in [-0.2, -0.15) is 0 Å². The Balaban J connectivity index is 1.50. The molecule has 10 aromatic rings. The van der Waals surface area contributed by atoms with E-state index in [9.17, 15) is 0 Å². The molecule has 5 aromatic carbocycles. The van der Waals surface area contributed by atoms with Crippen molar-refractivity contribution in [3.63, 3.8) is 0 Å². The molecule has 3 heteroatoms. The summed E-state index contributed by atoms with van der Waals surface area (Å²) in [6.45, 7) is 21.1. The van der Waals surface area contributed by atoms with Gasteiger partial charge in [0.1, 0.15) is 4.83 Å². The van der Waals surface area contributed by atoms with E-state index in [1.165, 1.54) is 102 Å². The average Bonchev–Trinajstić information content (AvgIpc) is 3.78. The molecule has 0 spiro atoms. The summed E-state index contributed by atoms with van der Waals surface area (Å²) in [5.41, 5.74) is 11.0. The van der Waals surface area contributed by atoms with Gasteiger partial charge in [0.15, 0.2) is 0 Å². The third kappa shape index (κ3) is 3.41. The maximum absolute atomic E-state index is 2.62. The number of aromatic nitrogens is 2. The second-order valence-corrected chi connectivity index (χ2v) is 18.2. The molecule has 0 saturated carbocycles. The zero-order chi connectivity index (χ0) is 32.5. The molecule has 0 unspecified atom stereocenters. The van der Waals surface area contributed by atoms with Crippen molar-refractivity contribution in [2.45, 2.75) is 78.6 Å². The highest BCUT2D eigenvalue weighted by atomic mass is 32.1. The Morgan fingerprint density at radius 1 is 0.426 bits per heavy atom. The van der Waals surface area contributed by atoms with Crippen LogP contribution in [0.1, 0.15) is 79.0 Å². The highest BCUT2D eigenvalue weighted by Gasteiger charge is 2.29. The normalized spacial score (nSPS) is 14.1. The lowest BCUT2D eigenvalue weighted by Gasteiger charge is -2.20. The second-order valence-electron chi connectivity index (χ2n) is 17.1. The van der Waals surface area contributed by atoms with E-state index in [2.05, 4.69) is 150 Å². The van der Waals surface area contributed by atoms with Gasteiger partial charge in [-0.1, -0.05) is 92.6 Å². The van der Waals surface area contributed by atoms with E-state index in [4.69, 9.17) is 0 Å². The lowest BCUT2D eigenvalue weighted by Crippen LogP contribution is -2.11. The third-order valence-electron chi connectivity index (χ3n) is 11.0. The van der Waals surface area contributed by atoms with Gasteiger partial charge in [-0.25, -0.2) is 0 Å². The van der Waals surface area contributed by atoms with Crippen LogP contribution in [0, 0.1) is 0 Å². The monoisotopic (exact) mass is 628 g/mol. The third-order valence-corrected chi connectivity index (χ3v) is 12.2. The molecule has 5 aromatic heterocycles. The predicted octanol–water partition coefficient (Wildman–Crippen LogP) is 13.1. The van der Waals surface area contributed by atoms with Crippen molar-refractivity contribution in [3.05, 3.63) is 95.6 Å². The largest absolute Gasteiger partial charge is 0.307 e. The van der Waals surface area contributed by atoms with Gasteiger partial charge < -0.3 is 4.40 Å². The zero-order valence-electron chi connectivity index (χ0n) is 28.8. The molecular formula is C44H40N2S. The first kappa shape index (κ1) is 27.7. The van der Waals surface area contributed by atoms with Crippen molar-refractivity contribution in [2.24, 2.45) is 0 Å². The zero-order valence-corrected chi connectivity index (χ0v) is 29.6. The molecule has 5 heterocycles. The Morgan fingerprint density at radius 3 is 1.66 bits per heavy atom. The summed E-state index contributed by atoms with van der Waals surface area (Å²) in [7, 11) is 0. The molecule has 0 aliphatic heterocycles. The van der Waals surface area contributed by atoms with E-state index in [1.807, 2.05) is 11.3 Å². The average molecular weight is 629 g/mol. The fourth-order valence-corrected chi connectivity index (χ4v) is 9.68. The highest BCUT2D eigenvalue weighted by molar-refractivity contribution is 7.25. The first-order valence-electron chi connectivity index (χ1n) is 17.0. The van der Waals surface area contributed by atoms with Crippen LogP contribution in [0.15, 0.2) is 78.9 Å². The van der Waals surface area contributed by atoms with Crippen LogP contribution in [-0.4, -0.2) is 8.80 Å². The Labute approximate surface area is 278 Å². The van der Waals surface area contributed by atoms with Gasteiger partial charge in [0.05, 0.1) is 27.6 Å². The van der Waals surface area contributed by atoms with Gasteiger partial charge in [0.2, 0.25) is 0 Å². The topological polar surface area (TPSA) is 8.82 Å². The first-order chi connectivity index (χ1) is 22.2. The Kier molecular flexibility index (Phi) is 4.95. The van der Waals surface area contributed by atoms with Gasteiger partial charge >= 0.3 is 0 Å². The molecule has 0 aliphatic rings. The van der Waals surface area contributed by atoms with Gasteiger partial charge in [0.25, 0.3) is 0 Å². The van der Waals surface area contributed by atoms with E-state index in [-0.39, 0.29) is 16.2 Å². The summed E-state index contributed by atoms with van der Waals surface area (Å²) in [4.78, 5) is 1.36. The minimum Gasteiger partial charge on any atom is -0.307 e. The lowest BCUT2D eigenvalue weighted by atomic mass is 9.84.